The van der Waals surface area contributed by atoms with Crippen molar-refractivity contribution < 1.29 is 9.53 Å². The van der Waals surface area contributed by atoms with Crippen LogP contribution in [-0.4, -0.2) is 18.7 Å². The Morgan fingerprint density at radius 2 is 0.970 bits per heavy atom. The standard InChI is InChI=1S/C29H28O2P.BrH/c30-29(25-15-5-1-6-16-25)31-23-13-14-24-32(26-17-7-2-8-18-26,27-19-9-3-10-20-27)28-21-11-4-12-22-28;/h1-12,15-22H,13-14,23-24H2;1H/q+1;. The van der Waals surface area contributed by atoms with E-state index in [4.69, 9.17) is 4.74 Å². The van der Waals surface area contributed by atoms with Gasteiger partial charge in [0.2, 0.25) is 0 Å². The molecule has 2 nitrogen and oxygen atoms in total. The van der Waals surface area contributed by atoms with Crippen LogP contribution in [0.1, 0.15) is 23.2 Å². The summed E-state index contributed by atoms with van der Waals surface area (Å²) in [6.07, 6.45) is 2.86. The number of rotatable bonds is 9. The van der Waals surface area contributed by atoms with Gasteiger partial charge in [-0.05, 0) is 61.4 Å². The second-order valence-electron chi connectivity index (χ2n) is 7.75. The predicted octanol–water partition coefficient (Wildman–Crippen LogP) is 6.20. The second-order valence-corrected chi connectivity index (χ2v) is 11.4. The molecule has 0 radical (unpaired) electrons. The number of esters is 1. The number of carbonyl (C=O) groups is 1. The van der Waals surface area contributed by atoms with Crippen molar-refractivity contribution in [2.45, 2.75) is 12.8 Å². The van der Waals surface area contributed by atoms with Gasteiger partial charge in [0.05, 0.1) is 18.3 Å². The Hall–Kier alpha value is -2.74. The average Bonchev–Trinajstić information content (AvgIpc) is 2.88. The van der Waals surface area contributed by atoms with Gasteiger partial charge in [-0.15, -0.1) is 17.0 Å². The second kappa shape index (κ2) is 12.5. The van der Waals surface area contributed by atoms with Crippen molar-refractivity contribution in [3.05, 3.63) is 127 Å². The van der Waals surface area contributed by atoms with Gasteiger partial charge in [0, 0.05) is 0 Å². The molecule has 33 heavy (non-hydrogen) atoms. The van der Waals surface area contributed by atoms with Crippen LogP contribution < -0.4 is 15.9 Å². The molecule has 168 valence electrons. The van der Waals surface area contributed by atoms with E-state index in [1.807, 2.05) is 18.2 Å². The van der Waals surface area contributed by atoms with Crippen LogP contribution in [0.3, 0.4) is 0 Å². The SMILES string of the molecule is Br.O=C(OCCCC[P+](c1ccccc1)(c1ccccc1)c1ccccc1)c1ccccc1. The minimum atomic E-state index is -1.82. The van der Waals surface area contributed by atoms with E-state index in [2.05, 4.69) is 91.0 Å². The van der Waals surface area contributed by atoms with Crippen LogP contribution in [-0.2, 0) is 4.74 Å². The Labute approximate surface area is 207 Å². The van der Waals surface area contributed by atoms with Gasteiger partial charge in [-0.2, -0.15) is 0 Å². The first-order chi connectivity index (χ1) is 15.8. The van der Waals surface area contributed by atoms with Gasteiger partial charge in [0.25, 0.3) is 0 Å². The first-order valence-electron chi connectivity index (χ1n) is 11.1. The fourth-order valence-electron chi connectivity index (χ4n) is 4.16. The molecule has 0 heterocycles. The molecule has 0 spiro atoms. The Bertz CT molecular complexity index is 1010. The van der Waals surface area contributed by atoms with Crippen LogP contribution in [0.25, 0.3) is 0 Å². The molecule has 0 fully saturated rings. The van der Waals surface area contributed by atoms with Gasteiger partial charge in [-0.1, -0.05) is 72.8 Å². The summed E-state index contributed by atoms with van der Waals surface area (Å²) in [4.78, 5) is 12.3. The number of unbranched alkanes of at least 4 members (excludes halogenated alkanes) is 1. The molecular formula is C29H29BrO2P+. The van der Waals surface area contributed by atoms with Crippen molar-refractivity contribution in [3.63, 3.8) is 0 Å². The smallest absolute Gasteiger partial charge is 0.338 e. The number of ether oxygens (including phenoxy) is 1. The summed E-state index contributed by atoms with van der Waals surface area (Å²) >= 11 is 0. The molecule has 0 aliphatic rings. The first-order valence-corrected chi connectivity index (χ1v) is 13.1. The van der Waals surface area contributed by atoms with Crippen LogP contribution in [0.5, 0.6) is 0 Å². The zero-order chi connectivity index (χ0) is 22.1. The largest absolute Gasteiger partial charge is 0.462 e. The lowest BCUT2D eigenvalue weighted by Gasteiger charge is -2.27. The molecule has 0 atom stereocenters. The molecule has 0 N–H and O–H groups in total. The van der Waals surface area contributed by atoms with E-state index in [9.17, 15) is 4.79 Å². The molecule has 0 aromatic heterocycles. The summed E-state index contributed by atoms with van der Waals surface area (Å²) in [5.74, 6) is -0.249. The number of hydrogen-bond acceptors (Lipinski definition) is 2. The first kappa shape index (κ1) is 24.9. The lowest BCUT2D eigenvalue weighted by Crippen LogP contribution is -2.33. The molecule has 0 unspecified atom stereocenters. The van der Waals surface area contributed by atoms with Crippen molar-refractivity contribution >= 4 is 46.1 Å². The number of benzene rings is 4. The van der Waals surface area contributed by atoms with E-state index in [-0.39, 0.29) is 23.0 Å². The minimum absolute atomic E-state index is 0. The van der Waals surface area contributed by atoms with Gasteiger partial charge < -0.3 is 4.74 Å². The van der Waals surface area contributed by atoms with Gasteiger partial charge >= 0.3 is 5.97 Å². The third-order valence-electron chi connectivity index (χ3n) is 5.72. The van der Waals surface area contributed by atoms with Crippen LogP contribution in [0.4, 0.5) is 0 Å². The molecule has 0 aliphatic heterocycles. The summed E-state index contributed by atoms with van der Waals surface area (Å²) in [6.45, 7) is 0.437. The highest BCUT2D eigenvalue weighted by atomic mass is 79.9. The van der Waals surface area contributed by atoms with E-state index < -0.39 is 7.26 Å². The Morgan fingerprint density at radius 3 is 1.39 bits per heavy atom. The Balaban J connectivity index is 0.00000306. The van der Waals surface area contributed by atoms with Crippen LogP contribution in [0.15, 0.2) is 121 Å². The maximum Gasteiger partial charge on any atom is 0.338 e. The van der Waals surface area contributed by atoms with E-state index in [1.54, 1.807) is 12.1 Å². The lowest BCUT2D eigenvalue weighted by atomic mass is 10.2. The average molecular weight is 520 g/mol. The maximum absolute atomic E-state index is 12.3. The highest BCUT2D eigenvalue weighted by molar-refractivity contribution is 8.93. The van der Waals surface area contributed by atoms with Gasteiger partial charge in [0.15, 0.2) is 0 Å². The molecule has 0 bridgehead atoms. The molecule has 0 aliphatic carbocycles. The zero-order valence-electron chi connectivity index (χ0n) is 18.5. The summed E-state index contributed by atoms with van der Waals surface area (Å²) in [5.41, 5.74) is 0.604. The van der Waals surface area contributed by atoms with Crippen LogP contribution in [0.2, 0.25) is 0 Å². The highest BCUT2D eigenvalue weighted by Gasteiger charge is 2.44. The maximum atomic E-state index is 12.3. The van der Waals surface area contributed by atoms with Gasteiger partial charge in [-0.25, -0.2) is 4.79 Å². The van der Waals surface area contributed by atoms with E-state index in [1.165, 1.54) is 15.9 Å². The molecule has 0 saturated heterocycles. The zero-order valence-corrected chi connectivity index (χ0v) is 21.2. The summed E-state index contributed by atoms with van der Waals surface area (Å²) in [6, 6.07) is 41.9. The van der Waals surface area contributed by atoms with Crippen molar-refractivity contribution in [2.24, 2.45) is 0 Å². The quantitative estimate of drug-likeness (QED) is 0.149. The summed E-state index contributed by atoms with van der Waals surface area (Å²) < 4.78 is 5.53. The fraction of sp³-hybridized carbons (Fsp3) is 0.138. The Morgan fingerprint density at radius 1 is 0.576 bits per heavy atom. The molecule has 4 heteroatoms. The molecule has 4 rings (SSSR count). The highest BCUT2D eigenvalue weighted by Crippen LogP contribution is 2.55. The summed E-state index contributed by atoms with van der Waals surface area (Å²) in [5, 5.41) is 4.16. The van der Waals surface area contributed by atoms with Crippen LogP contribution >= 0.6 is 24.2 Å². The van der Waals surface area contributed by atoms with Crippen molar-refractivity contribution in [1.82, 2.24) is 0 Å². The predicted molar refractivity (Wildman–Crippen MR) is 146 cm³/mol. The molecule has 4 aromatic carbocycles. The molecule has 4 aromatic rings. The lowest BCUT2D eigenvalue weighted by molar-refractivity contribution is 0.0500. The normalized spacial score (nSPS) is 10.8. The number of carbonyl (C=O) groups excluding carboxylic acids is 1. The van der Waals surface area contributed by atoms with Crippen molar-refractivity contribution in [3.8, 4) is 0 Å². The van der Waals surface area contributed by atoms with E-state index >= 15 is 0 Å². The monoisotopic (exact) mass is 519 g/mol. The molecular weight excluding hydrogens is 491 g/mol. The third kappa shape index (κ3) is 5.99. The molecule has 0 saturated carbocycles. The van der Waals surface area contributed by atoms with Crippen molar-refractivity contribution in [2.75, 3.05) is 12.8 Å². The number of hydrogen-bond donors (Lipinski definition) is 0. The third-order valence-corrected chi connectivity index (χ3v) is 10.2. The minimum Gasteiger partial charge on any atom is -0.462 e. The van der Waals surface area contributed by atoms with E-state index in [0.29, 0.717) is 12.2 Å². The van der Waals surface area contributed by atoms with E-state index in [0.717, 1.165) is 19.0 Å². The van der Waals surface area contributed by atoms with Gasteiger partial charge in [-0.3, -0.25) is 0 Å². The fourth-order valence-corrected chi connectivity index (χ4v) is 8.57. The van der Waals surface area contributed by atoms with Crippen LogP contribution in [0, 0.1) is 0 Å². The van der Waals surface area contributed by atoms with Crippen molar-refractivity contribution in [1.29, 1.82) is 0 Å². The topological polar surface area (TPSA) is 26.3 Å². The van der Waals surface area contributed by atoms with Gasteiger partial charge in [0.1, 0.15) is 23.2 Å². The Kier molecular flexibility index (Phi) is 9.42. The number of halogens is 1. The molecule has 0 amide bonds. The summed E-state index contributed by atoms with van der Waals surface area (Å²) in [7, 11) is -1.82.